The van der Waals surface area contributed by atoms with Crippen molar-refractivity contribution < 1.29 is 8.78 Å². The second-order valence-electron chi connectivity index (χ2n) is 4.13. The molecule has 0 aliphatic carbocycles. The molecule has 15 heavy (non-hydrogen) atoms. The van der Waals surface area contributed by atoms with Gasteiger partial charge in [0.05, 0.1) is 5.52 Å². The highest BCUT2D eigenvalue weighted by molar-refractivity contribution is 5.85. The molecule has 0 atom stereocenters. The zero-order chi connectivity index (χ0) is 11.2. The van der Waals surface area contributed by atoms with Crippen LogP contribution in [0, 0.1) is 11.6 Å². The number of benzene rings is 1. The maximum absolute atomic E-state index is 13.5. The van der Waals surface area contributed by atoms with E-state index in [4.69, 9.17) is 0 Å². The molecule has 3 heteroatoms. The average Bonchev–Trinajstić information content (AvgIpc) is 2.42. The molecule has 1 aromatic carbocycles. The smallest absolute Gasteiger partial charge is 0.150 e. The summed E-state index contributed by atoms with van der Waals surface area (Å²) in [5.74, 6) is -0.762. The Labute approximate surface area is 87.3 Å². The van der Waals surface area contributed by atoms with Gasteiger partial charge in [-0.25, -0.2) is 8.78 Å². The van der Waals surface area contributed by atoms with Crippen molar-refractivity contribution in [1.29, 1.82) is 0 Å². The molecule has 80 valence electrons. The van der Waals surface area contributed by atoms with Crippen molar-refractivity contribution in [1.82, 2.24) is 4.57 Å². The van der Waals surface area contributed by atoms with Crippen molar-refractivity contribution in [2.75, 3.05) is 0 Å². The van der Waals surface area contributed by atoms with Crippen LogP contribution in [0.5, 0.6) is 0 Å². The average molecular weight is 209 g/mol. The van der Waals surface area contributed by atoms with Crippen molar-refractivity contribution in [2.45, 2.75) is 19.8 Å². The van der Waals surface area contributed by atoms with Crippen LogP contribution >= 0.6 is 0 Å². The summed E-state index contributed by atoms with van der Waals surface area (Å²) < 4.78 is 28.3. The molecule has 0 saturated heterocycles. The minimum absolute atomic E-state index is 0.259. The zero-order valence-electron chi connectivity index (χ0n) is 9.01. The quantitative estimate of drug-likeness (QED) is 0.676. The molecule has 2 aromatic rings. The van der Waals surface area contributed by atoms with Crippen molar-refractivity contribution in [3.05, 3.63) is 35.5 Å². The van der Waals surface area contributed by atoms with E-state index in [9.17, 15) is 8.78 Å². The van der Waals surface area contributed by atoms with Crippen LogP contribution in [0.4, 0.5) is 8.78 Å². The summed E-state index contributed by atoms with van der Waals surface area (Å²) in [5, 5.41) is 0.671. The van der Waals surface area contributed by atoms with Crippen LogP contribution in [0.1, 0.15) is 25.3 Å². The SMILES string of the molecule is CC(C)c1cn(C)c2c(F)cc(F)cc12. The highest BCUT2D eigenvalue weighted by Gasteiger charge is 2.14. The summed E-state index contributed by atoms with van der Waals surface area (Å²) in [6.45, 7) is 4.02. The van der Waals surface area contributed by atoms with Crippen LogP contribution < -0.4 is 0 Å². The molecule has 2 rings (SSSR count). The summed E-state index contributed by atoms with van der Waals surface area (Å²) in [5.41, 5.74) is 1.45. The third-order valence-electron chi connectivity index (χ3n) is 2.65. The van der Waals surface area contributed by atoms with Gasteiger partial charge in [-0.1, -0.05) is 13.8 Å². The van der Waals surface area contributed by atoms with E-state index in [1.165, 1.54) is 6.07 Å². The van der Waals surface area contributed by atoms with E-state index >= 15 is 0 Å². The summed E-state index contributed by atoms with van der Waals surface area (Å²) in [4.78, 5) is 0. The van der Waals surface area contributed by atoms with Gasteiger partial charge in [0.15, 0.2) is 0 Å². The van der Waals surface area contributed by atoms with Crippen LogP contribution in [0.15, 0.2) is 18.3 Å². The Morgan fingerprint density at radius 3 is 2.47 bits per heavy atom. The second-order valence-corrected chi connectivity index (χ2v) is 4.13. The fourth-order valence-electron chi connectivity index (χ4n) is 1.95. The number of aromatic nitrogens is 1. The van der Waals surface area contributed by atoms with Crippen molar-refractivity contribution >= 4 is 10.9 Å². The number of hydrogen-bond donors (Lipinski definition) is 0. The van der Waals surface area contributed by atoms with Gasteiger partial charge in [0.2, 0.25) is 0 Å². The Hall–Kier alpha value is -1.38. The number of hydrogen-bond acceptors (Lipinski definition) is 0. The Balaban J connectivity index is 2.87. The second kappa shape index (κ2) is 3.33. The molecule has 0 saturated carbocycles. The summed E-state index contributed by atoms with van der Waals surface area (Å²) >= 11 is 0. The van der Waals surface area contributed by atoms with Gasteiger partial charge in [-0.3, -0.25) is 0 Å². The predicted octanol–water partition coefficient (Wildman–Crippen LogP) is 3.58. The van der Waals surface area contributed by atoms with Gasteiger partial charge in [0.25, 0.3) is 0 Å². The van der Waals surface area contributed by atoms with E-state index in [0.717, 1.165) is 11.6 Å². The Bertz CT molecular complexity index is 512. The molecule has 1 aromatic heterocycles. The van der Waals surface area contributed by atoms with E-state index in [-0.39, 0.29) is 5.92 Å². The van der Waals surface area contributed by atoms with Crippen molar-refractivity contribution in [2.24, 2.45) is 7.05 Å². The third kappa shape index (κ3) is 1.52. The first-order valence-corrected chi connectivity index (χ1v) is 4.94. The molecule has 0 radical (unpaired) electrons. The van der Waals surface area contributed by atoms with Crippen LogP contribution in [0.25, 0.3) is 10.9 Å². The lowest BCUT2D eigenvalue weighted by molar-refractivity contribution is 0.588. The molecular weight excluding hydrogens is 196 g/mol. The fraction of sp³-hybridized carbons (Fsp3) is 0.333. The molecule has 0 bridgehead atoms. The minimum atomic E-state index is -0.520. The van der Waals surface area contributed by atoms with E-state index < -0.39 is 11.6 Å². The van der Waals surface area contributed by atoms with E-state index in [2.05, 4.69) is 0 Å². The number of nitrogens with zero attached hydrogens (tertiary/aromatic N) is 1. The van der Waals surface area contributed by atoms with Gasteiger partial charge in [-0.05, 0) is 17.5 Å². The Kier molecular flexibility index (Phi) is 2.25. The standard InChI is InChI=1S/C12H13F2N/c1-7(2)10-6-15(3)12-9(10)4-8(13)5-11(12)14/h4-7H,1-3H3. The molecule has 0 spiro atoms. The number of rotatable bonds is 1. The molecule has 0 unspecified atom stereocenters. The van der Waals surface area contributed by atoms with Gasteiger partial charge in [-0.2, -0.15) is 0 Å². The maximum Gasteiger partial charge on any atom is 0.150 e. The molecule has 1 nitrogen and oxygen atoms in total. The molecule has 0 aliphatic heterocycles. The van der Waals surface area contributed by atoms with Gasteiger partial charge in [-0.15, -0.1) is 0 Å². The summed E-state index contributed by atoms with van der Waals surface area (Å²) in [7, 11) is 1.77. The molecule has 0 amide bonds. The van der Waals surface area contributed by atoms with E-state index in [1.807, 2.05) is 20.0 Å². The van der Waals surface area contributed by atoms with Crippen LogP contribution in [0.3, 0.4) is 0 Å². The number of halogens is 2. The monoisotopic (exact) mass is 209 g/mol. The van der Waals surface area contributed by atoms with Crippen LogP contribution in [0.2, 0.25) is 0 Å². The lowest BCUT2D eigenvalue weighted by Crippen LogP contribution is -1.89. The van der Waals surface area contributed by atoms with Crippen LogP contribution in [-0.4, -0.2) is 4.57 Å². The first kappa shape index (κ1) is 10.1. The largest absolute Gasteiger partial charge is 0.348 e. The zero-order valence-corrected chi connectivity index (χ0v) is 9.01. The normalized spacial score (nSPS) is 11.6. The molecule has 0 aliphatic rings. The van der Waals surface area contributed by atoms with Gasteiger partial charge < -0.3 is 4.57 Å². The van der Waals surface area contributed by atoms with Gasteiger partial charge >= 0.3 is 0 Å². The number of aryl methyl sites for hydroxylation is 1. The first-order valence-electron chi connectivity index (χ1n) is 4.94. The highest BCUT2D eigenvalue weighted by atomic mass is 19.1. The van der Waals surface area contributed by atoms with Crippen molar-refractivity contribution in [3.63, 3.8) is 0 Å². The topological polar surface area (TPSA) is 4.93 Å². The van der Waals surface area contributed by atoms with Crippen molar-refractivity contribution in [3.8, 4) is 0 Å². The molecule has 1 heterocycles. The lowest BCUT2D eigenvalue weighted by atomic mass is 10.0. The highest BCUT2D eigenvalue weighted by Crippen LogP contribution is 2.29. The lowest BCUT2D eigenvalue weighted by Gasteiger charge is -2.02. The first-order chi connectivity index (χ1) is 7.00. The maximum atomic E-state index is 13.5. The molecule has 0 fully saturated rings. The van der Waals surface area contributed by atoms with Crippen LogP contribution in [-0.2, 0) is 7.05 Å². The third-order valence-corrected chi connectivity index (χ3v) is 2.65. The summed E-state index contributed by atoms with van der Waals surface area (Å²) in [6.07, 6.45) is 1.86. The Morgan fingerprint density at radius 1 is 1.20 bits per heavy atom. The summed E-state index contributed by atoms with van der Waals surface area (Å²) in [6, 6.07) is 2.32. The van der Waals surface area contributed by atoms with Gasteiger partial charge in [0.1, 0.15) is 11.6 Å². The fourth-order valence-corrected chi connectivity index (χ4v) is 1.95. The van der Waals surface area contributed by atoms with E-state index in [0.29, 0.717) is 10.9 Å². The Morgan fingerprint density at radius 2 is 1.87 bits per heavy atom. The molecule has 0 N–H and O–H groups in total. The van der Waals surface area contributed by atoms with E-state index in [1.54, 1.807) is 11.6 Å². The minimum Gasteiger partial charge on any atom is -0.348 e. The number of fused-ring (bicyclic) bond motifs is 1. The molecular formula is C12H13F2N. The van der Waals surface area contributed by atoms with Gasteiger partial charge in [0, 0.05) is 24.7 Å². The predicted molar refractivity (Wildman–Crippen MR) is 56.9 cm³/mol.